The summed E-state index contributed by atoms with van der Waals surface area (Å²) in [6.45, 7) is 2.14. The highest BCUT2D eigenvalue weighted by atomic mass is 32.2. The second-order valence-electron chi connectivity index (χ2n) is 5.60. The first-order chi connectivity index (χ1) is 12.6. The van der Waals surface area contributed by atoms with Gasteiger partial charge in [0.2, 0.25) is 0 Å². The average molecular weight is 370 g/mol. The van der Waals surface area contributed by atoms with Crippen LogP contribution in [0, 0.1) is 11.3 Å². The molecule has 0 aliphatic rings. The Labute approximate surface area is 157 Å². The number of amides is 1. The van der Waals surface area contributed by atoms with E-state index < -0.39 is 5.91 Å². The van der Waals surface area contributed by atoms with Crippen LogP contribution in [0.3, 0.4) is 0 Å². The van der Waals surface area contributed by atoms with Crippen molar-refractivity contribution in [2.24, 2.45) is 0 Å². The van der Waals surface area contributed by atoms with Gasteiger partial charge in [0.05, 0.1) is 23.9 Å². The molecule has 0 aliphatic carbocycles. The molecule has 7 heteroatoms. The number of ether oxygens (including phenoxy) is 1. The van der Waals surface area contributed by atoms with E-state index in [1.165, 1.54) is 24.9 Å². The maximum Gasteiger partial charge on any atom is 0.259 e. The molecule has 0 fully saturated rings. The van der Waals surface area contributed by atoms with Gasteiger partial charge in [-0.2, -0.15) is 5.26 Å². The highest BCUT2D eigenvalue weighted by Gasteiger charge is 2.17. The van der Waals surface area contributed by atoms with Gasteiger partial charge in [-0.3, -0.25) is 4.79 Å². The Morgan fingerprint density at radius 3 is 2.85 bits per heavy atom. The van der Waals surface area contributed by atoms with Crippen molar-refractivity contribution in [2.45, 2.75) is 31.2 Å². The lowest BCUT2D eigenvalue weighted by molar-refractivity contribution is 0.102. The smallest absolute Gasteiger partial charge is 0.259 e. The van der Waals surface area contributed by atoms with E-state index in [2.05, 4.69) is 23.3 Å². The molecule has 0 unspecified atom stereocenters. The predicted molar refractivity (Wildman–Crippen MR) is 105 cm³/mol. The quantitative estimate of drug-likeness (QED) is 0.536. The molecule has 2 aromatic rings. The monoisotopic (exact) mass is 370 g/mol. The van der Waals surface area contributed by atoms with Gasteiger partial charge in [0.1, 0.15) is 22.7 Å². The van der Waals surface area contributed by atoms with Crippen LogP contribution in [0.15, 0.2) is 35.4 Å². The van der Waals surface area contributed by atoms with E-state index in [0.29, 0.717) is 22.0 Å². The molecule has 2 rings (SSSR count). The zero-order valence-corrected chi connectivity index (χ0v) is 15.7. The Morgan fingerprint density at radius 1 is 1.38 bits per heavy atom. The molecule has 1 amide bonds. The highest BCUT2D eigenvalue weighted by Crippen LogP contribution is 2.27. The number of unbranched alkanes of at least 4 members (excludes halogenated alkanes) is 2. The van der Waals surface area contributed by atoms with Crippen LogP contribution in [-0.4, -0.2) is 23.8 Å². The average Bonchev–Trinajstić information content (AvgIpc) is 2.65. The third-order valence-corrected chi connectivity index (χ3v) is 4.80. The lowest BCUT2D eigenvalue weighted by Gasteiger charge is -2.12. The van der Waals surface area contributed by atoms with Gasteiger partial charge in [-0.1, -0.05) is 31.9 Å². The first-order valence-electron chi connectivity index (χ1n) is 8.38. The summed E-state index contributed by atoms with van der Waals surface area (Å²) in [5.74, 6) is 1.07. The molecular weight excluding hydrogens is 348 g/mol. The summed E-state index contributed by atoms with van der Waals surface area (Å²) in [5, 5.41) is 12.7. The molecule has 26 heavy (non-hydrogen) atoms. The van der Waals surface area contributed by atoms with Gasteiger partial charge in [0.25, 0.3) is 5.91 Å². The molecule has 136 valence electrons. The number of anilines is 2. The number of carbonyl (C=O) groups is 1. The molecule has 1 aromatic carbocycles. The lowest BCUT2D eigenvalue weighted by atomic mass is 10.1. The third kappa shape index (κ3) is 4.90. The number of hydrogen-bond acceptors (Lipinski definition) is 6. The molecule has 3 N–H and O–H groups in total. The van der Waals surface area contributed by atoms with Crippen LogP contribution in [0.2, 0.25) is 0 Å². The number of nitrogen functional groups attached to an aromatic ring is 1. The molecule has 1 aromatic heterocycles. The summed E-state index contributed by atoms with van der Waals surface area (Å²) in [6.07, 6.45) is 3.30. The number of rotatable bonds is 8. The van der Waals surface area contributed by atoms with Gasteiger partial charge >= 0.3 is 0 Å². The zero-order valence-electron chi connectivity index (χ0n) is 14.9. The topological polar surface area (TPSA) is 101 Å². The number of hydrogen-bond donors (Lipinski definition) is 2. The first-order valence-corrected chi connectivity index (χ1v) is 9.37. The molecule has 0 saturated heterocycles. The number of nitrogens with two attached hydrogens (primary N) is 1. The summed E-state index contributed by atoms with van der Waals surface area (Å²) >= 11 is 1.49. The molecule has 1 heterocycles. The van der Waals surface area contributed by atoms with Crippen LogP contribution >= 0.6 is 11.8 Å². The molecule has 0 aliphatic heterocycles. The summed E-state index contributed by atoms with van der Waals surface area (Å²) in [4.78, 5) is 16.9. The van der Waals surface area contributed by atoms with Crippen molar-refractivity contribution in [3.05, 3.63) is 41.5 Å². The number of aromatic nitrogens is 1. The summed E-state index contributed by atoms with van der Waals surface area (Å²) in [7, 11) is 1.53. The minimum absolute atomic E-state index is 0.106. The fraction of sp³-hybridized carbons (Fsp3) is 0.316. The molecule has 0 bridgehead atoms. The number of benzene rings is 1. The second-order valence-corrected chi connectivity index (χ2v) is 6.68. The van der Waals surface area contributed by atoms with Gasteiger partial charge in [-0.15, -0.1) is 11.8 Å². The Bertz CT molecular complexity index is 818. The summed E-state index contributed by atoms with van der Waals surface area (Å²) in [6, 6.07) is 10.7. The Balaban J connectivity index is 2.21. The molecule has 0 atom stereocenters. The molecule has 0 saturated carbocycles. The predicted octanol–water partition coefficient (Wildman–Crippen LogP) is 4.08. The van der Waals surface area contributed by atoms with Crippen LogP contribution in [0.5, 0.6) is 5.75 Å². The number of para-hydroxylation sites is 2. The minimum atomic E-state index is -0.432. The van der Waals surface area contributed by atoms with E-state index in [-0.39, 0.29) is 11.4 Å². The van der Waals surface area contributed by atoms with Gasteiger partial charge in [0, 0.05) is 0 Å². The molecule has 6 nitrogen and oxygen atoms in total. The van der Waals surface area contributed by atoms with E-state index in [0.717, 1.165) is 25.0 Å². The second kappa shape index (κ2) is 9.68. The molecule has 0 spiro atoms. The maximum atomic E-state index is 12.6. The number of carbonyl (C=O) groups excluding carboxylic acids is 1. The van der Waals surface area contributed by atoms with E-state index in [1.54, 1.807) is 18.2 Å². The largest absolute Gasteiger partial charge is 0.495 e. The number of nitrogens with one attached hydrogen (secondary N) is 1. The number of pyridine rings is 1. The third-order valence-electron chi connectivity index (χ3n) is 3.72. The Kier molecular flexibility index (Phi) is 7.30. The summed E-state index contributed by atoms with van der Waals surface area (Å²) < 4.78 is 5.22. The van der Waals surface area contributed by atoms with Crippen molar-refractivity contribution in [2.75, 3.05) is 23.9 Å². The van der Waals surface area contributed by atoms with Crippen molar-refractivity contribution in [1.29, 1.82) is 5.26 Å². The maximum absolute atomic E-state index is 12.6. The van der Waals surface area contributed by atoms with Crippen molar-refractivity contribution in [3.8, 4) is 11.8 Å². The van der Waals surface area contributed by atoms with E-state index in [9.17, 15) is 10.1 Å². The van der Waals surface area contributed by atoms with Gasteiger partial charge < -0.3 is 15.8 Å². The van der Waals surface area contributed by atoms with E-state index in [4.69, 9.17) is 10.5 Å². The lowest BCUT2D eigenvalue weighted by Crippen LogP contribution is -2.16. The van der Waals surface area contributed by atoms with Gasteiger partial charge in [-0.05, 0) is 30.4 Å². The van der Waals surface area contributed by atoms with Gasteiger partial charge in [0.15, 0.2) is 0 Å². The first kappa shape index (κ1) is 19.6. The van der Waals surface area contributed by atoms with Crippen molar-refractivity contribution < 1.29 is 9.53 Å². The SMILES string of the molecule is CCCCCSc1nc(N)c(C(=O)Nc2ccccc2OC)cc1C#N. The fourth-order valence-corrected chi connectivity index (χ4v) is 3.31. The molecule has 0 radical (unpaired) electrons. The number of thioether (sulfide) groups is 1. The Morgan fingerprint density at radius 2 is 2.15 bits per heavy atom. The normalized spacial score (nSPS) is 10.2. The highest BCUT2D eigenvalue weighted by molar-refractivity contribution is 7.99. The number of nitrogens with zero attached hydrogens (tertiary/aromatic N) is 2. The number of nitriles is 1. The minimum Gasteiger partial charge on any atom is -0.495 e. The van der Waals surface area contributed by atoms with Crippen LogP contribution in [0.1, 0.15) is 42.1 Å². The standard InChI is InChI=1S/C19H22N4O2S/c1-3-4-7-10-26-19-13(12-20)11-14(17(21)23-19)18(24)22-15-8-5-6-9-16(15)25-2/h5-6,8-9,11H,3-4,7,10H2,1-2H3,(H2,21,23)(H,22,24). The van der Waals surface area contributed by atoms with Crippen LogP contribution in [0.4, 0.5) is 11.5 Å². The van der Waals surface area contributed by atoms with Crippen LogP contribution < -0.4 is 15.8 Å². The van der Waals surface area contributed by atoms with Crippen LogP contribution in [0.25, 0.3) is 0 Å². The molecular formula is C19H22N4O2S. The van der Waals surface area contributed by atoms with Crippen molar-refractivity contribution >= 4 is 29.2 Å². The fourth-order valence-electron chi connectivity index (χ4n) is 2.34. The van der Waals surface area contributed by atoms with E-state index >= 15 is 0 Å². The number of methoxy groups -OCH3 is 1. The van der Waals surface area contributed by atoms with E-state index in [1.807, 2.05) is 6.07 Å². The van der Waals surface area contributed by atoms with Gasteiger partial charge in [-0.25, -0.2) is 4.98 Å². The van der Waals surface area contributed by atoms with Crippen molar-refractivity contribution in [1.82, 2.24) is 4.98 Å². The van der Waals surface area contributed by atoms with Crippen molar-refractivity contribution in [3.63, 3.8) is 0 Å². The Hall–Kier alpha value is -2.72. The van der Waals surface area contributed by atoms with Crippen LogP contribution in [-0.2, 0) is 0 Å². The summed E-state index contributed by atoms with van der Waals surface area (Å²) in [5.41, 5.74) is 7.02. The zero-order chi connectivity index (χ0) is 18.9.